The third-order valence-corrected chi connectivity index (χ3v) is 4.85. The summed E-state index contributed by atoms with van der Waals surface area (Å²) < 4.78 is 10.4. The Morgan fingerprint density at radius 2 is 2.00 bits per heavy atom. The summed E-state index contributed by atoms with van der Waals surface area (Å²) in [5.74, 6) is -0.143. The van der Waals surface area contributed by atoms with Crippen LogP contribution in [0.5, 0.6) is 5.75 Å². The first-order chi connectivity index (χ1) is 13.6. The molecule has 1 aliphatic rings. The van der Waals surface area contributed by atoms with Crippen LogP contribution in [0.4, 0.5) is 0 Å². The van der Waals surface area contributed by atoms with Gasteiger partial charge in [-0.2, -0.15) is 0 Å². The minimum absolute atomic E-state index is 0.0362. The van der Waals surface area contributed by atoms with Crippen LogP contribution in [-0.4, -0.2) is 25.1 Å². The van der Waals surface area contributed by atoms with E-state index in [-0.39, 0.29) is 11.9 Å². The number of aryl methyl sites for hydroxylation is 1. The largest absolute Gasteiger partial charge is 0.497 e. The number of hydrogen-bond donors (Lipinski definition) is 1. The third-order valence-electron chi connectivity index (χ3n) is 4.85. The lowest BCUT2D eigenvalue weighted by Gasteiger charge is -2.27. The molecule has 2 atom stereocenters. The number of ether oxygens (including phenoxy) is 2. The van der Waals surface area contributed by atoms with E-state index in [9.17, 15) is 9.59 Å². The van der Waals surface area contributed by atoms with Crippen molar-refractivity contribution in [1.82, 2.24) is 5.32 Å². The predicted octanol–water partition coefficient (Wildman–Crippen LogP) is 3.83. The fourth-order valence-electron chi connectivity index (χ4n) is 3.37. The third kappa shape index (κ3) is 5.00. The molecule has 1 N–H and O–H groups in total. The summed E-state index contributed by atoms with van der Waals surface area (Å²) in [6.07, 6.45) is 5.03. The molecule has 0 aromatic heterocycles. The maximum atomic E-state index is 12.5. The molecule has 0 bridgehead atoms. The molecule has 146 valence electrons. The van der Waals surface area contributed by atoms with Crippen molar-refractivity contribution in [1.29, 1.82) is 0 Å². The van der Waals surface area contributed by atoms with Gasteiger partial charge in [-0.25, -0.2) is 4.79 Å². The van der Waals surface area contributed by atoms with Crippen LogP contribution >= 0.6 is 0 Å². The molecule has 0 spiro atoms. The average Bonchev–Trinajstić information content (AvgIpc) is 2.72. The van der Waals surface area contributed by atoms with E-state index in [1.165, 1.54) is 11.6 Å². The van der Waals surface area contributed by atoms with Crippen molar-refractivity contribution in [3.8, 4) is 5.75 Å². The van der Waals surface area contributed by atoms with E-state index in [1.807, 2.05) is 36.4 Å². The Morgan fingerprint density at radius 1 is 1.18 bits per heavy atom. The van der Waals surface area contributed by atoms with Gasteiger partial charge < -0.3 is 14.8 Å². The number of amides is 1. The van der Waals surface area contributed by atoms with Gasteiger partial charge in [-0.1, -0.05) is 36.4 Å². The molecule has 0 aliphatic heterocycles. The Kier molecular flexibility index (Phi) is 6.48. The van der Waals surface area contributed by atoms with Gasteiger partial charge in [-0.15, -0.1) is 0 Å². The summed E-state index contributed by atoms with van der Waals surface area (Å²) in [5.41, 5.74) is 3.23. The Hall–Kier alpha value is -3.08. The van der Waals surface area contributed by atoms with Gasteiger partial charge >= 0.3 is 5.97 Å². The van der Waals surface area contributed by atoms with Crippen molar-refractivity contribution in [3.63, 3.8) is 0 Å². The number of carbonyl (C=O) groups excluding carboxylic acids is 2. The van der Waals surface area contributed by atoms with Crippen LogP contribution in [-0.2, 0) is 20.7 Å². The predicted molar refractivity (Wildman–Crippen MR) is 108 cm³/mol. The van der Waals surface area contributed by atoms with Crippen molar-refractivity contribution in [3.05, 3.63) is 71.3 Å². The van der Waals surface area contributed by atoms with E-state index >= 15 is 0 Å². The summed E-state index contributed by atoms with van der Waals surface area (Å²) in [4.78, 5) is 24.5. The molecule has 0 heterocycles. The molecular weight excluding hydrogens is 354 g/mol. The zero-order valence-corrected chi connectivity index (χ0v) is 16.2. The first-order valence-electron chi connectivity index (χ1n) is 9.48. The molecule has 2 aromatic carbocycles. The molecule has 0 unspecified atom stereocenters. The molecule has 2 aromatic rings. The number of nitrogens with one attached hydrogen (secondary N) is 1. The Labute approximate surface area is 165 Å². The fraction of sp³-hybridized carbons (Fsp3) is 0.304. The Bertz CT molecular complexity index is 874. The van der Waals surface area contributed by atoms with Crippen LogP contribution < -0.4 is 10.1 Å². The van der Waals surface area contributed by atoms with Gasteiger partial charge in [0.1, 0.15) is 5.75 Å². The van der Waals surface area contributed by atoms with Gasteiger partial charge in [-0.3, -0.25) is 4.79 Å². The van der Waals surface area contributed by atoms with E-state index in [1.54, 1.807) is 26.2 Å². The Morgan fingerprint density at radius 3 is 2.82 bits per heavy atom. The Balaban J connectivity index is 1.55. The van der Waals surface area contributed by atoms with Crippen molar-refractivity contribution in [2.24, 2.45) is 0 Å². The maximum absolute atomic E-state index is 12.5. The number of methoxy groups -OCH3 is 1. The average molecular weight is 379 g/mol. The number of rotatable bonds is 6. The van der Waals surface area contributed by atoms with Gasteiger partial charge in [0.15, 0.2) is 6.10 Å². The lowest BCUT2D eigenvalue weighted by molar-refractivity contribution is -0.150. The zero-order valence-electron chi connectivity index (χ0n) is 16.2. The van der Waals surface area contributed by atoms with Crippen molar-refractivity contribution in [2.45, 2.75) is 38.3 Å². The van der Waals surface area contributed by atoms with Gasteiger partial charge in [-0.05, 0) is 61.1 Å². The van der Waals surface area contributed by atoms with Crippen molar-refractivity contribution < 1.29 is 19.1 Å². The minimum Gasteiger partial charge on any atom is -0.497 e. The van der Waals surface area contributed by atoms with Gasteiger partial charge in [0.05, 0.1) is 13.2 Å². The smallest absolute Gasteiger partial charge is 0.331 e. The van der Waals surface area contributed by atoms with E-state index in [0.29, 0.717) is 5.75 Å². The van der Waals surface area contributed by atoms with E-state index in [2.05, 4.69) is 11.4 Å². The standard InChI is InChI=1S/C23H25NO4/c1-16(28-22(25)14-13-17-7-5-10-19(15-17)27-2)23(26)24-21-12-6-9-18-8-3-4-11-20(18)21/h3-5,7-8,10-11,13-16,21H,6,9,12H2,1-2H3,(H,24,26)/b14-13+/t16-,21-/m0/s1. The van der Waals surface area contributed by atoms with Crippen LogP contribution in [0.2, 0.25) is 0 Å². The van der Waals surface area contributed by atoms with E-state index in [0.717, 1.165) is 30.4 Å². The second kappa shape index (κ2) is 9.22. The number of hydrogen-bond acceptors (Lipinski definition) is 4. The topological polar surface area (TPSA) is 64.6 Å². The number of carbonyl (C=O) groups is 2. The first kappa shape index (κ1) is 19.7. The highest BCUT2D eigenvalue weighted by Crippen LogP contribution is 2.29. The SMILES string of the molecule is COc1cccc(/C=C/C(=O)O[C@@H](C)C(=O)N[C@H]2CCCc3ccccc32)c1. The van der Waals surface area contributed by atoms with Crippen molar-refractivity contribution >= 4 is 18.0 Å². The zero-order chi connectivity index (χ0) is 19.9. The molecule has 0 saturated heterocycles. The lowest BCUT2D eigenvalue weighted by atomic mass is 9.87. The molecular formula is C23H25NO4. The lowest BCUT2D eigenvalue weighted by Crippen LogP contribution is -2.39. The van der Waals surface area contributed by atoms with Gasteiger partial charge in [0.2, 0.25) is 0 Å². The highest BCUT2D eigenvalue weighted by atomic mass is 16.5. The van der Waals surface area contributed by atoms with Crippen LogP contribution in [0.15, 0.2) is 54.6 Å². The van der Waals surface area contributed by atoms with Gasteiger partial charge in [0.25, 0.3) is 5.91 Å². The van der Waals surface area contributed by atoms with Crippen LogP contribution in [0.25, 0.3) is 6.08 Å². The molecule has 0 saturated carbocycles. The number of fused-ring (bicyclic) bond motifs is 1. The molecule has 5 nitrogen and oxygen atoms in total. The molecule has 1 aliphatic carbocycles. The van der Waals surface area contributed by atoms with Gasteiger partial charge in [0, 0.05) is 6.08 Å². The van der Waals surface area contributed by atoms with Crippen LogP contribution in [0.3, 0.4) is 0 Å². The molecule has 3 rings (SSSR count). The van der Waals surface area contributed by atoms with E-state index in [4.69, 9.17) is 9.47 Å². The summed E-state index contributed by atoms with van der Waals surface area (Å²) in [5, 5.41) is 3.01. The van der Waals surface area contributed by atoms with Crippen LogP contribution in [0.1, 0.15) is 42.5 Å². The molecule has 0 radical (unpaired) electrons. The van der Waals surface area contributed by atoms with Crippen molar-refractivity contribution in [2.75, 3.05) is 7.11 Å². The molecule has 28 heavy (non-hydrogen) atoms. The summed E-state index contributed by atoms with van der Waals surface area (Å²) in [7, 11) is 1.59. The highest BCUT2D eigenvalue weighted by molar-refractivity contribution is 5.90. The quantitative estimate of drug-likeness (QED) is 0.612. The fourth-order valence-corrected chi connectivity index (χ4v) is 3.37. The molecule has 5 heteroatoms. The second-order valence-corrected chi connectivity index (χ2v) is 6.84. The monoisotopic (exact) mass is 379 g/mol. The summed E-state index contributed by atoms with van der Waals surface area (Å²) in [6.45, 7) is 1.58. The molecule has 0 fully saturated rings. The normalized spacial score (nSPS) is 16.9. The minimum atomic E-state index is -0.864. The summed E-state index contributed by atoms with van der Waals surface area (Å²) in [6, 6.07) is 15.4. The van der Waals surface area contributed by atoms with Crippen LogP contribution in [0, 0.1) is 0 Å². The summed E-state index contributed by atoms with van der Waals surface area (Å²) >= 11 is 0. The van der Waals surface area contributed by atoms with E-state index < -0.39 is 12.1 Å². The number of esters is 1. The molecule has 1 amide bonds. The highest BCUT2D eigenvalue weighted by Gasteiger charge is 2.24. The second-order valence-electron chi connectivity index (χ2n) is 6.84. The maximum Gasteiger partial charge on any atom is 0.331 e. The first-order valence-corrected chi connectivity index (χ1v) is 9.48. The number of benzene rings is 2.